The molecule has 0 aliphatic carbocycles. The van der Waals surface area contributed by atoms with E-state index in [4.69, 9.17) is 9.47 Å². The zero-order chi connectivity index (χ0) is 18.1. The minimum atomic E-state index is -0.173. The molecule has 4 aromatic rings. The number of thiophene rings is 1. The van der Waals surface area contributed by atoms with Crippen molar-refractivity contribution in [2.75, 3.05) is 13.7 Å². The van der Waals surface area contributed by atoms with E-state index in [1.54, 1.807) is 18.4 Å². The van der Waals surface area contributed by atoms with Crippen molar-refractivity contribution in [3.05, 3.63) is 56.2 Å². The Hall–Kier alpha value is -2.71. The molecule has 0 bridgehead atoms. The maximum absolute atomic E-state index is 12.6. The van der Waals surface area contributed by atoms with Crippen LogP contribution in [0, 0.1) is 0 Å². The summed E-state index contributed by atoms with van der Waals surface area (Å²) in [7, 11) is 1.59. The lowest BCUT2D eigenvalue weighted by Crippen LogP contribution is -2.23. The minimum absolute atomic E-state index is 0.173. The first kappa shape index (κ1) is 16.7. The van der Waals surface area contributed by atoms with Gasteiger partial charge in [-0.15, -0.1) is 16.4 Å². The van der Waals surface area contributed by atoms with Crippen LogP contribution in [-0.2, 0) is 0 Å². The first-order chi connectivity index (χ1) is 12.7. The van der Waals surface area contributed by atoms with Crippen LogP contribution in [0.4, 0.5) is 0 Å². The molecule has 0 saturated heterocycles. The molecule has 0 fully saturated rings. The lowest BCUT2D eigenvalue weighted by molar-refractivity contribution is 0.311. The van der Waals surface area contributed by atoms with Gasteiger partial charge in [-0.25, -0.2) is 0 Å². The van der Waals surface area contributed by atoms with Crippen LogP contribution in [0.15, 0.2) is 40.5 Å². The molecule has 0 amide bonds. The molecule has 0 spiro atoms. The Kier molecular flexibility index (Phi) is 4.44. The van der Waals surface area contributed by atoms with E-state index in [1.165, 1.54) is 15.9 Å². The third kappa shape index (κ3) is 2.97. The lowest BCUT2D eigenvalue weighted by Gasteiger charge is -2.09. The molecule has 3 aromatic heterocycles. The predicted octanol–water partition coefficient (Wildman–Crippen LogP) is 2.83. The van der Waals surface area contributed by atoms with Crippen molar-refractivity contribution in [1.29, 1.82) is 0 Å². The zero-order valence-electron chi connectivity index (χ0n) is 14.1. The van der Waals surface area contributed by atoms with Gasteiger partial charge in [0, 0.05) is 0 Å². The normalized spacial score (nSPS) is 12.0. The van der Waals surface area contributed by atoms with E-state index >= 15 is 0 Å². The van der Waals surface area contributed by atoms with Crippen molar-refractivity contribution in [2.45, 2.75) is 6.92 Å². The SMILES string of the molecule is CCOc1ccc(/C=c2\sc3nc(-c4cccs4)nn3c2=O)cc1OC. The summed E-state index contributed by atoms with van der Waals surface area (Å²) in [4.78, 5) is 18.6. The first-order valence-corrected chi connectivity index (χ1v) is 9.65. The highest BCUT2D eigenvalue weighted by Crippen LogP contribution is 2.28. The molecule has 0 N–H and O–H groups in total. The molecular weight excluding hydrogens is 370 g/mol. The number of hydrogen-bond acceptors (Lipinski definition) is 7. The van der Waals surface area contributed by atoms with Crippen LogP contribution < -0.4 is 19.6 Å². The molecule has 8 heteroatoms. The average Bonchev–Trinajstić information content (AvgIpc) is 3.35. The summed E-state index contributed by atoms with van der Waals surface area (Å²) in [5, 5.41) is 6.30. The van der Waals surface area contributed by atoms with Gasteiger partial charge in [0.1, 0.15) is 0 Å². The van der Waals surface area contributed by atoms with Crippen molar-refractivity contribution in [2.24, 2.45) is 0 Å². The summed E-state index contributed by atoms with van der Waals surface area (Å²) in [5.74, 6) is 1.89. The fraction of sp³-hybridized carbons (Fsp3) is 0.167. The van der Waals surface area contributed by atoms with Crippen molar-refractivity contribution in [3.8, 4) is 22.2 Å². The molecule has 3 heterocycles. The second kappa shape index (κ2) is 6.89. The fourth-order valence-electron chi connectivity index (χ4n) is 2.54. The van der Waals surface area contributed by atoms with E-state index in [0.717, 1.165) is 10.4 Å². The Labute approximate surface area is 157 Å². The molecule has 0 unspecified atom stereocenters. The van der Waals surface area contributed by atoms with Gasteiger partial charge in [0.05, 0.1) is 23.1 Å². The van der Waals surface area contributed by atoms with Gasteiger partial charge in [-0.1, -0.05) is 23.5 Å². The van der Waals surface area contributed by atoms with Gasteiger partial charge in [0.15, 0.2) is 17.3 Å². The van der Waals surface area contributed by atoms with E-state index in [0.29, 0.717) is 33.4 Å². The standard InChI is InChI=1S/C18H15N3O3S2/c1-3-24-12-7-6-11(9-13(12)23-2)10-15-17(22)21-18(26-15)19-16(20-21)14-5-4-8-25-14/h4-10H,3H2,1-2H3/b15-10-. The molecule has 4 rings (SSSR count). The molecule has 0 radical (unpaired) electrons. The highest BCUT2D eigenvalue weighted by Gasteiger charge is 2.12. The van der Waals surface area contributed by atoms with Crippen LogP contribution in [0.5, 0.6) is 11.5 Å². The second-order valence-electron chi connectivity index (χ2n) is 5.37. The van der Waals surface area contributed by atoms with E-state index in [9.17, 15) is 4.79 Å². The number of ether oxygens (including phenoxy) is 2. The Morgan fingerprint density at radius 3 is 2.85 bits per heavy atom. The van der Waals surface area contributed by atoms with Gasteiger partial charge in [0.2, 0.25) is 4.96 Å². The second-order valence-corrected chi connectivity index (χ2v) is 7.32. The highest BCUT2D eigenvalue weighted by atomic mass is 32.1. The molecule has 0 saturated carbocycles. The minimum Gasteiger partial charge on any atom is -0.493 e. The Balaban J connectivity index is 1.76. The molecule has 26 heavy (non-hydrogen) atoms. The third-order valence-electron chi connectivity index (χ3n) is 3.71. The van der Waals surface area contributed by atoms with Gasteiger partial charge < -0.3 is 9.47 Å². The van der Waals surface area contributed by atoms with Crippen LogP contribution >= 0.6 is 22.7 Å². The molecule has 0 aliphatic rings. The number of hydrogen-bond donors (Lipinski definition) is 0. The van der Waals surface area contributed by atoms with Gasteiger partial charge in [-0.2, -0.15) is 9.50 Å². The van der Waals surface area contributed by atoms with Crippen molar-refractivity contribution >= 4 is 33.7 Å². The van der Waals surface area contributed by atoms with Gasteiger partial charge in [-0.05, 0) is 42.1 Å². The van der Waals surface area contributed by atoms with Gasteiger partial charge in [-0.3, -0.25) is 4.79 Å². The number of fused-ring (bicyclic) bond motifs is 1. The molecule has 0 aliphatic heterocycles. The lowest BCUT2D eigenvalue weighted by atomic mass is 10.2. The smallest absolute Gasteiger partial charge is 0.291 e. The van der Waals surface area contributed by atoms with Crippen molar-refractivity contribution in [1.82, 2.24) is 14.6 Å². The zero-order valence-corrected chi connectivity index (χ0v) is 15.8. The molecule has 6 nitrogen and oxygen atoms in total. The molecule has 1 aromatic carbocycles. The summed E-state index contributed by atoms with van der Waals surface area (Å²) in [6.07, 6.45) is 1.81. The maximum Gasteiger partial charge on any atom is 0.291 e. The summed E-state index contributed by atoms with van der Waals surface area (Å²) < 4.78 is 12.8. The van der Waals surface area contributed by atoms with Gasteiger partial charge >= 0.3 is 0 Å². The van der Waals surface area contributed by atoms with Crippen molar-refractivity contribution in [3.63, 3.8) is 0 Å². The highest BCUT2D eigenvalue weighted by molar-refractivity contribution is 7.15. The monoisotopic (exact) mass is 385 g/mol. The Bertz CT molecular complexity index is 1160. The number of rotatable bonds is 5. The number of nitrogens with zero attached hydrogens (tertiary/aromatic N) is 3. The van der Waals surface area contributed by atoms with Crippen LogP contribution in [0.1, 0.15) is 12.5 Å². The number of thiazole rings is 1. The van der Waals surface area contributed by atoms with Crippen LogP contribution in [0.2, 0.25) is 0 Å². The number of methoxy groups -OCH3 is 1. The quantitative estimate of drug-likeness (QED) is 0.529. The summed E-state index contributed by atoms with van der Waals surface area (Å²) in [6.45, 7) is 2.48. The number of aromatic nitrogens is 3. The van der Waals surface area contributed by atoms with Crippen LogP contribution in [-0.4, -0.2) is 28.3 Å². The predicted molar refractivity (Wildman–Crippen MR) is 103 cm³/mol. The van der Waals surface area contributed by atoms with Gasteiger partial charge in [0.25, 0.3) is 5.56 Å². The summed E-state index contributed by atoms with van der Waals surface area (Å²) in [6, 6.07) is 9.45. The molecule has 0 atom stereocenters. The van der Waals surface area contributed by atoms with Crippen LogP contribution in [0.3, 0.4) is 0 Å². The topological polar surface area (TPSA) is 65.7 Å². The largest absolute Gasteiger partial charge is 0.493 e. The third-order valence-corrected chi connectivity index (χ3v) is 5.53. The van der Waals surface area contributed by atoms with E-state index < -0.39 is 0 Å². The average molecular weight is 385 g/mol. The molecular formula is C18H15N3O3S2. The summed E-state index contributed by atoms with van der Waals surface area (Å²) in [5.41, 5.74) is 0.679. The molecule has 132 valence electrons. The summed E-state index contributed by atoms with van der Waals surface area (Å²) >= 11 is 2.87. The first-order valence-electron chi connectivity index (χ1n) is 7.95. The van der Waals surface area contributed by atoms with Crippen molar-refractivity contribution < 1.29 is 9.47 Å². The Morgan fingerprint density at radius 1 is 1.27 bits per heavy atom. The fourth-order valence-corrected chi connectivity index (χ4v) is 4.10. The number of benzene rings is 1. The maximum atomic E-state index is 12.6. The van der Waals surface area contributed by atoms with E-state index in [1.807, 2.05) is 48.7 Å². The Morgan fingerprint density at radius 2 is 2.15 bits per heavy atom. The van der Waals surface area contributed by atoms with E-state index in [-0.39, 0.29) is 5.56 Å². The van der Waals surface area contributed by atoms with Crippen LogP contribution in [0.25, 0.3) is 21.7 Å². The van der Waals surface area contributed by atoms with E-state index in [2.05, 4.69) is 10.1 Å².